The van der Waals surface area contributed by atoms with Crippen LogP contribution in [-0.4, -0.2) is 12.8 Å². The number of nitriles is 1. The van der Waals surface area contributed by atoms with Crippen LogP contribution in [0, 0.1) is 11.3 Å². The molecule has 0 aliphatic heterocycles. The lowest BCUT2D eigenvalue weighted by Gasteiger charge is -2.01. The van der Waals surface area contributed by atoms with Gasteiger partial charge >= 0.3 is 0 Å². The number of nitrogens with zero attached hydrogens (tertiary/aromatic N) is 2. The van der Waals surface area contributed by atoms with E-state index in [1.807, 2.05) is 26.0 Å². The topological polar surface area (TPSA) is 48.2 Å². The van der Waals surface area contributed by atoms with Gasteiger partial charge in [-0.05, 0) is 13.8 Å². The lowest BCUT2D eigenvalue weighted by atomic mass is 10.1. The zero-order chi connectivity index (χ0) is 11.0. The first kappa shape index (κ1) is 12.2. The van der Waals surface area contributed by atoms with Gasteiger partial charge in [-0.2, -0.15) is 10.4 Å². The molecule has 0 aromatic carbocycles. The molecule has 0 saturated heterocycles. The maximum atomic E-state index is 8.86. The van der Waals surface area contributed by atoms with Crippen molar-refractivity contribution in [2.75, 3.05) is 7.05 Å². The second-order valence-corrected chi connectivity index (χ2v) is 2.80. The molecule has 0 rings (SSSR count). The zero-order valence-electron chi connectivity index (χ0n) is 8.83. The van der Waals surface area contributed by atoms with E-state index in [1.54, 1.807) is 19.2 Å². The van der Waals surface area contributed by atoms with Crippen molar-refractivity contribution >= 4 is 5.71 Å². The van der Waals surface area contributed by atoms with Crippen molar-refractivity contribution in [3.8, 4) is 6.07 Å². The summed E-state index contributed by atoms with van der Waals surface area (Å²) in [6.07, 6.45) is 5.27. The van der Waals surface area contributed by atoms with Gasteiger partial charge in [-0.1, -0.05) is 30.4 Å². The van der Waals surface area contributed by atoms with E-state index in [0.717, 1.165) is 11.1 Å². The Hall–Kier alpha value is -1.82. The molecule has 0 heterocycles. The van der Waals surface area contributed by atoms with Gasteiger partial charge in [-0.25, -0.2) is 0 Å². The average Bonchev–Trinajstić information content (AvgIpc) is 2.16. The van der Waals surface area contributed by atoms with Crippen LogP contribution in [0.1, 0.15) is 13.8 Å². The summed E-state index contributed by atoms with van der Waals surface area (Å²) >= 11 is 0. The van der Waals surface area contributed by atoms with Crippen molar-refractivity contribution in [1.82, 2.24) is 5.43 Å². The molecule has 0 bridgehead atoms. The first-order valence-corrected chi connectivity index (χ1v) is 4.28. The molecule has 0 fully saturated rings. The molecule has 0 unspecified atom stereocenters. The molecule has 0 aliphatic rings. The van der Waals surface area contributed by atoms with E-state index in [9.17, 15) is 0 Å². The van der Waals surface area contributed by atoms with Crippen LogP contribution >= 0.6 is 0 Å². The third kappa shape index (κ3) is 3.72. The molecule has 0 atom stereocenters. The van der Waals surface area contributed by atoms with Gasteiger partial charge in [-0.15, -0.1) is 0 Å². The molecule has 0 aliphatic carbocycles. The third-order valence-corrected chi connectivity index (χ3v) is 1.52. The Morgan fingerprint density at radius 2 is 2.14 bits per heavy atom. The standard InChI is InChI=1S/C11H15N3/c1-5-6-7-10(9(2)3)11(8-12)14-13-4/h5-7,13H,1H2,2-4H3/b7-6-,14-11-. The van der Waals surface area contributed by atoms with E-state index in [0.29, 0.717) is 5.71 Å². The highest BCUT2D eigenvalue weighted by Gasteiger charge is 2.04. The zero-order valence-corrected chi connectivity index (χ0v) is 8.83. The van der Waals surface area contributed by atoms with Crippen molar-refractivity contribution in [1.29, 1.82) is 5.26 Å². The minimum atomic E-state index is 0.380. The van der Waals surface area contributed by atoms with Crippen LogP contribution in [0.2, 0.25) is 0 Å². The third-order valence-electron chi connectivity index (χ3n) is 1.52. The van der Waals surface area contributed by atoms with Crippen molar-refractivity contribution in [2.24, 2.45) is 5.10 Å². The predicted molar refractivity (Wildman–Crippen MR) is 59.8 cm³/mol. The van der Waals surface area contributed by atoms with Crippen molar-refractivity contribution < 1.29 is 0 Å². The lowest BCUT2D eigenvalue weighted by molar-refractivity contribution is 0.902. The van der Waals surface area contributed by atoms with Crippen molar-refractivity contribution in [3.63, 3.8) is 0 Å². The molecule has 0 radical (unpaired) electrons. The molecule has 0 aromatic rings. The second-order valence-electron chi connectivity index (χ2n) is 2.80. The Kier molecular flexibility index (Phi) is 5.80. The van der Waals surface area contributed by atoms with E-state index in [4.69, 9.17) is 5.26 Å². The number of hydrogen-bond acceptors (Lipinski definition) is 3. The van der Waals surface area contributed by atoms with Crippen molar-refractivity contribution in [2.45, 2.75) is 13.8 Å². The second kappa shape index (κ2) is 6.67. The first-order chi connectivity index (χ1) is 6.67. The van der Waals surface area contributed by atoms with E-state index in [2.05, 4.69) is 17.1 Å². The largest absolute Gasteiger partial charge is 0.312 e. The highest BCUT2D eigenvalue weighted by atomic mass is 15.3. The monoisotopic (exact) mass is 189 g/mol. The minimum Gasteiger partial charge on any atom is -0.312 e. The summed E-state index contributed by atoms with van der Waals surface area (Å²) in [7, 11) is 1.66. The van der Waals surface area contributed by atoms with Gasteiger partial charge in [0, 0.05) is 12.6 Å². The molecule has 0 spiro atoms. The van der Waals surface area contributed by atoms with Gasteiger partial charge in [0.05, 0.1) is 0 Å². The number of rotatable bonds is 4. The summed E-state index contributed by atoms with van der Waals surface area (Å²) in [5.41, 5.74) is 4.84. The van der Waals surface area contributed by atoms with Gasteiger partial charge < -0.3 is 5.43 Å². The maximum Gasteiger partial charge on any atom is 0.167 e. The quantitative estimate of drug-likeness (QED) is 0.418. The molecule has 74 valence electrons. The summed E-state index contributed by atoms with van der Waals surface area (Å²) in [5, 5.41) is 12.7. The number of allylic oxidation sites excluding steroid dienone is 5. The fraction of sp³-hybridized carbons (Fsp3) is 0.273. The summed E-state index contributed by atoms with van der Waals surface area (Å²) in [6, 6.07) is 2.04. The summed E-state index contributed by atoms with van der Waals surface area (Å²) in [5.74, 6) is 0. The Bertz CT molecular complexity index is 323. The summed E-state index contributed by atoms with van der Waals surface area (Å²) in [4.78, 5) is 0. The van der Waals surface area contributed by atoms with Crippen LogP contribution in [0.25, 0.3) is 0 Å². The molecule has 1 N–H and O–H groups in total. The Morgan fingerprint density at radius 3 is 2.50 bits per heavy atom. The van der Waals surface area contributed by atoms with Crippen LogP contribution in [0.5, 0.6) is 0 Å². The van der Waals surface area contributed by atoms with Gasteiger partial charge in [0.15, 0.2) is 5.71 Å². The molecule has 0 aromatic heterocycles. The van der Waals surface area contributed by atoms with E-state index in [1.165, 1.54) is 0 Å². The minimum absolute atomic E-state index is 0.380. The molecular weight excluding hydrogens is 174 g/mol. The van der Waals surface area contributed by atoms with Crippen LogP contribution < -0.4 is 5.43 Å². The van der Waals surface area contributed by atoms with E-state index < -0.39 is 0 Å². The highest BCUT2D eigenvalue weighted by Crippen LogP contribution is 2.07. The van der Waals surface area contributed by atoms with Gasteiger partial charge in [0.2, 0.25) is 0 Å². The van der Waals surface area contributed by atoms with E-state index >= 15 is 0 Å². The highest BCUT2D eigenvalue weighted by molar-refractivity contribution is 6.13. The number of hydrazone groups is 1. The molecule has 3 nitrogen and oxygen atoms in total. The smallest absolute Gasteiger partial charge is 0.167 e. The van der Waals surface area contributed by atoms with Crippen LogP contribution in [0.3, 0.4) is 0 Å². The van der Waals surface area contributed by atoms with Crippen LogP contribution in [0.15, 0.2) is 41.1 Å². The Labute approximate surface area is 85.1 Å². The van der Waals surface area contributed by atoms with Crippen LogP contribution in [0.4, 0.5) is 0 Å². The summed E-state index contributed by atoms with van der Waals surface area (Å²) < 4.78 is 0. The number of hydrogen-bond donors (Lipinski definition) is 1. The lowest BCUT2D eigenvalue weighted by Crippen LogP contribution is -2.06. The summed E-state index contributed by atoms with van der Waals surface area (Å²) in [6.45, 7) is 7.45. The Balaban J connectivity index is 5.14. The Morgan fingerprint density at radius 1 is 1.50 bits per heavy atom. The number of nitrogens with one attached hydrogen (secondary N) is 1. The first-order valence-electron chi connectivity index (χ1n) is 4.28. The average molecular weight is 189 g/mol. The van der Waals surface area contributed by atoms with E-state index in [-0.39, 0.29) is 0 Å². The fourth-order valence-electron chi connectivity index (χ4n) is 0.904. The van der Waals surface area contributed by atoms with Gasteiger partial charge in [-0.3, -0.25) is 0 Å². The maximum absolute atomic E-state index is 8.86. The fourth-order valence-corrected chi connectivity index (χ4v) is 0.904. The molecule has 0 amide bonds. The molecule has 14 heavy (non-hydrogen) atoms. The van der Waals surface area contributed by atoms with Gasteiger partial charge in [0.1, 0.15) is 6.07 Å². The normalized spacial score (nSPS) is 10.9. The SMILES string of the molecule is C=C/C=C\C(=C(C)C)/C(C#N)=N\NC. The molecule has 3 heteroatoms. The van der Waals surface area contributed by atoms with Gasteiger partial charge in [0.25, 0.3) is 0 Å². The molecule has 0 saturated carbocycles. The molecular formula is C11H15N3. The van der Waals surface area contributed by atoms with Crippen molar-refractivity contribution in [3.05, 3.63) is 36.0 Å². The predicted octanol–water partition coefficient (Wildman–Crippen LogP) is 2.16. The van der Waals surface area contributed by atoms with Crippen LogP contribution in [-0.2, 0) is 0 Å².